The molecule has 2 aliphatic rings. The molecule has 0 aromatic heterocycles. The third-order valence-corrected chi connectivity index (χ3v) is 6.55. The number of piperidine rings is 1. The quantitative estimate of drug-likeness (QED) is 0.570. The molecule has 2 fully saturated rings. The zero-order valence-corrected chi connectivity index (χ0v) is 19.8. The summed E-state index contributed by atoms with van der Waals surface area (Å²) in [6.45, 7) is 6.29. The summed E-state index contributed by atoms with van der Waals surface area (Å²) in [6.07, 6.45) is 2.06. The number of piperazine rings is 1. The molecule has 2 aromatic carbocycles. The Morgan fingerprint density at radius 3 is 2.03 bits per heavy atom. The van der Waals surface area contributed by atoms with Crippen LogP contribution in [0.5, 0.6) is 11.5 Å². The molecule has 4 rings (SSSR count). The van der Waals surface area contributed by atoms with Gasteiger partial charge in [0.1, 0.15) is 18.1 Å². The molecule has 7 nitrogen and oxygen atoms in total. The highest BCUT2D eigenvalue weighted by Crippen LogP contribution is 2.21. The lowest BCUT2D eigenvalue weighted by atomic mass is 9.96. The smallest absolute Gasteiger partial charge is 0.227 e. The first-order valence-electron chi connectivity index (χ1n) is 12.3. The van der Waals surface area contributed by atoms with Crippen molar-refractivity contribution >= 4 is 11.8 Å². The number of hydrogen-bond acceptors (Lipinski definition) is 5. The SMILES string of the molecule is O=C(CCOc1ccccc1)N1CCCC(C(=O)N2CCN(CCOc3ccccc3)CC2)C1. The van der Waals surface area contributed by atoms with E-state index in [0.717, 1.165) is 63.6 Å². The highest BCUT2D eigenvalue weighted by molar-refractivity contribution is 5.81. The Bertz CT molecular complexity index is 901. The van der Waals surface area contributed by atoms with Gasteiger partial charge in [-0.25, -0.2) is 0 Å². The number of ether oxygens (including phenoxy) is 2. The molecule has 7 heteroatoms. The summed E-state index contributed by atoms with van der Waals surface area (Å²) in [4.78, 5) is 32.0. The van der Waals surface area contributed by atoms with Crippen molar-refractivity contribution in [2.24, 2.45) is 5.92 Å². The molecule has 0 N–H and O–H groups in total. The lowest BCUT2D eigenvalue weighted by Crippen LogP contribution is -2.53. The zero-order chi connectivity index (χ0) is 23.6. The summed E-state index contributed by atoms with van der Waals surface area (Å²) < 4.78 is 11.5. The summed E-state index contributed by atoms with van der Waals surface area (Å²) in [5.41, 5.74) is 0. The molecule has 2 saturated heterocycles. The number of amides is 2. The Labute approximate surface area is 202 Å². The van der Waals surface area contributed by atoms with Gasteiger partial charge in [-0.3, -0.25) is 14.5 Å². The summed E-state index contributed by atoms with van der Waals surface area (Å²) in [5.74, 6) is 1.82. The van der Waals surface area contributed by atoms with Gasteiger partial charge >= 0.3 is 0 Å². The summed E-state index contributed by atoms with van der Waals surface area (Å²) in [7, 11) is 0. The number of carbonyl (C=O) groups is 2. The van der Waals surface area contributed by atoms with Crippen LogP contribution in [0.2, 0.25) is 0 Å². The van der Waals surface area contributed by atoms with Crippen molar-refractivity contribution in [3.63, 3.8) is 0 Å². The van der Waals surface area contributed by atoms with Crippen molar-refractivity contribution in [2.75, 3.05) is 59.0 Å². The summed E-state index contributed by atoms with van der Waals surface area (Å²) in [5, 5.41) is 0. The molecule has 0 saturated carbocycles. The maximum atomic E-state index is 13.1. The lowest BCUT2D eigenvalue weighted by Gasteiger charge is -2.39. The number of likely N-dealkylation sites (tertiary alicyclic amines) is 1. The highest BCUT2D eigenvalue weighted by Gasteiger charge is 2.32. The number of rotatable bonds is 9. The maximum Gasteiger partial charge on any atom is 0.227 e. The fourth-order valence-corrected chi connectivity index (χ4v) is 4.60. The second-order valence-corrected chi connectivity index (χ2v) is 8.92. The number of nitrogens with zero attached hydrogens (tertiary/aromatic N) is 3. The molecule has 182 valence electrons. The van der Waals surface area contributed by atoms with Gasteiger partial charge in [-0.1, -0.05) is 36.4 Å². The molecule has 1 atom stereocenters. The number of carbonyl (C=O) groups excluding carboxylic acids is 2. The molecule has 2 aromatic rings. The fourth-order valence-electron chi connectivity index (χ4n) is 4.60. The van der Waals surface area contributed by atoms with E-state index in [1.54, 1.807) is 0 Å². The van der Waals surface area contributed by atoms with E-state index in [0.29, 0.717) is 26.2 Å². The van der Waals surface area contributed by atoms with Crippen LogP contribution in [0.25, 0.3) is 0 Å². The van der Waals surface area contributed by atoms with Gasteiger partial charge in [0.15, 0.2) is 0 Å². The highest BCUT2D eigenvalue weighted by atomic mass is 16.5. The normalized spacial score (nSPS) is 19.0. The summed E-state index contributed by atoms with van der Waals surface area (Å²) in [6, 6.07) is 19.4. The van der Waals surface area contributed by atoms with E-state index < -0.39 is 0 Å². The van der Waals surface area contributed by atoms with Gasteiger partial charge in [-0.2, -0.15) is 0 Å². The monoisotopic (exact) mass is 465 g/mol. The molecular formula is C27H35N3O4. The van der Waals surface area contributed by atoms with Crippen molar-refractivity contribution in [2.45, 2.75) is 19.3 Å². The Kier molecular flexibility index (Phi) is 8.79. The molecular weight excluding hydrogens is 430 g/mol. The van der Waals surface area contributed by atoms with Crippen LogP contribution in [0, 0.1) is 5.92 Å². The standard InChI is InChI=1S/C27H35N3O4/c31-26(13-20-33-24-9-3-1-4-10-24)30-14-7-8-23(22-30)27(32)29-17-15-28(16-18-29)19-21-34-25-11-5-2-6-12-25/h1-6,9-12,23H,7-8,13-22H2. The number of para-hydroxylation sites is 2. The van der Waals surface area contributed by atoms with Crippen LogP contribution < -0.4 is 9.47 Å². The Morgan fingerprint density at radius 1 is 0.765 bits per heavy atom. The molecule has 34 heavy (non-hydrogen) atoms. The van der Waals surface area contributed by atoms with Gasteiger partial charge in [0.2, 0.25) is 11.8 Å². The van der Waals surface area contributed by atoms with Gasteiger partial charge in [-0.05, 0) is 37.1 Å². The number of benzene rings is 2. The van der Waals surface area contributed by atoms with Crippen LogP contribution in [-0.2, 0) is 9.59 Å². The second kappa shape index (κ2) is 12.4. The van der Waals surface area contributed by atoms with Crippen molar-refractivity contribution in [3.05, 3.63) is 60.7 Å². The van der Waals surface area contributed by atoms with E-state index in [1.807, 2.05) is 70.5 Å². The Morgan fingerprint density at radius 2 is 1.38 bits per heavy atom. The molecule has 0 radical (unpaired) electrons. The van der Waals surface area contributed by atoms with E-state index in [9.17, 15) is 9.59 Å². The van der Waals surface area contributed by atoms with Crippen molar-refractivity contribution in [1.82, 2.24) is 14.7 Å². The molecule has 0 aliphatic carbocycles. The first-order valence-corrected chi connectivity index (χ1v) is 12.3. The van der Waals surface area contributed by atoms with Crippen LogP contribution in [0.4, 0.5) is 0 Å². The zero-order valence-electron chi connectivity index (χ0n) is 19.8. The maximum absolute atomic E-state index is 13.1. The average molecular weight is 466 g/mol. The first kappa shape index (κ1) is 24.1. The van der Waals surface area contributed by atoms with Crippen LogP contribution in [0.1, 0.15) is 19.3 Å². The van der Waals surface area contributed by atoms with E-state index in [4.69, 9.17) is 9.47 Å². The minimum Gasteiger partial charge on any atom is -0.493 e. The minimum absolute atomic E-state index is 0.0664. The van der Waals surface area contributed by atoms with Gasteiger partial charge in [0.05, 0.1) is 18.9 Å². The van der Waals surface area contributed by atoms with Crippen LogP contribution >= 0.6 is 0 Å². The number of hydrogen-bond donors (Lipinski definition) is 0. The van der Waals surface area contributed by atoms with Gasteiger partial charge in [0.25, 0.3) is 0 Å². The topological polar surface area (TPSA) is 62.3 Å². The van der Waals surface area contributed by atoms with Gasteiger partial charge in [-0.15, -0.1) is 0 Å². The van der Waals surface area contributed by atoms with E-state index in [1.165, 1.54) is 0 Å². The summed E-state index contributed by atoms with van der Waals surface area (Å²) >= 11 is 0. The van der Waals surface area contributed by atoms with Crippen molar-refractivity contribution in [1.29, 1.82) is 0 Å². The Balaban J connectivity index is 1.15. The fraction of sp³-hybridized carbons (Fsp3) is 0.481. The largest absolute Gasteiger partial charge is 0.493 e. The molecule has 2 heterocycles. The Hall–Kier alpha value is -3.06. The predicted octanol–water partition coefficient (Wildman–Crippen LogP) is 2.92. The second-order valence-electron chi connectivity index (χ2n) is 8.92. The average Bonchev–Trinajstić information content (AvgIpc) is 2.90. The van der Waals surface area contributed by atoms with Gasteiger partial charge < -0.3 is 19.3 Å². The van der Waals surface area contributed by atoms with E-state index >= 15 is 0 Å². The molecule has 1 unspecified atom stereocenters. The van der Waals surface area contributed by atoms with Crippen LogP contribution in [-0.4, -0.2) is 85.5 Å². The van der Waals surface area contributed by atoms with E-state index in [2.05, 4.69) is 4.90 Å². The minimum atomic E-state index is -0.0966. The van der Waals surface area contributed by atoms with Crippen molar-refractivity contribution in [3.8, 4) is 11.5 Å². The predicted molar refractivity (Wildman–Crippen MR) is 131 cm³/mol. The van der Waals surface area contributed by atoms with Gasteiger partial charge in [0, 0.05) is 45.8 Å². The first-order chi connectivity index (χ1) is 16.7. The molecule has 0 spiro atoms. The lowest BCUT2D eigenvalue weighted by molar-refractivity contribution is -0.142. The third-order valence-electron chi connectivity index (χ3n) is 6.55. The third kappa shape index (κ3) is 6.97. The van der Waals surface area contributed by atoms with Crippen LogP contribution in [0.15, 0.2) is 60.7 Å². The molecule has 2 aliphatic heterocycles. The van der Waals surface area contributed by atoms with Crippen molar-refractivity contribution < 1.29 is 19.1 Å². The molecule has 0 bridgehead atoms. The molecule has 2 amide bonds. The van der Waals surface area contributed by atoms with E-state index in [-0.39, 0.29) is 17.7 Å². The van der Waals surface area contributed by atoms with Crippen LogP contribution in [0.3, 0.4) is 0 Å².